The number of hydrogen-bond donors (Lipinski definition) is 1. The van der Waals surface area contributed by atoms with E-state index in [2.05, 4.69) is 18.9 Å². The summed E-state index contributed by atoms with van der Waals surface area (Å²) >= 11 is 0. The summed E-state index contributed by atoms with van der Waals surface area (Å²) in [5.74, 6) is 0. The molecule has 0 saturated carbocycles. The first-order valence-corrected chi connectivity index (χ1v) is 4.66. The van der Waals surface area contributed by atoms with E-state index in [4.69, 9.17) is 5.73 Å². The van der Waals surface area contributed by atoms with E-state index in [1.54, 1.807) is 0 Å². The van der Waals surface area contributed by atoms with Gasteiger partial charge in [-0.3, -0.25) is 0 Å². The summed E-state index contributed by atoms with van der Waals surface area (Å²) in [7, 11) is 2.21. The molecule has 0 aliphatic carbocycles. The minimum absolute atomic E-state index is 0.362. The highest BCUT2D eigenvalue weighted by Crippen LogP contribution is 2.18. The van der Waals surface area contributed by atoms with Crippen LogP contribution in [0.5, 0.6) is 0 Å². The van der Waals surface area contributed by atoms with Crippen molar-refractivity contribution in [2.45, 2.75) is 44.7 Å². The summed E-state index contributed by atoms with van der Waals surface area (Å²) in [4.78, 5) is 2.45. The number of piperidine rings is 1. The van der Waals surface area contributed by atoms with Crippen molar-refractivity contribution in [1.82, 2.24) is 4.90 Å². The van der Waals surface area contributed by atoms with E-state index >= 15 is 0 Å². The molecule has 0 radical (unpaired) electrons. The molecular weight excluding hydrogens is 136 g/mol. The highest BCUT2D eigenvalue weighted by molar-refractivity contribution is 4.76. The molecular formula is C9H20N2. The summed E-state index contributed by atoms with van der Waals surface area (Å²) in [5, 5.41) is 0. The predicted octanol–water partition coefficient (Wildman–Crippen LogP) is 1.21. The third kappa shape index (κ3) is 2.80. The SMILES string of the molecule is C[C@@H](N)CC1CCCCN1C. The monoisotopic (exact) mass is 156 g/mol. The molecule has 2 heteroatoms. The van der Waals surface area contributed by atoms with E-state index in [0.717, 1.165) is 12.5 Å². The van der Waals surface area contributed by atoms with Crippen LogP contribution in [0.25, 0.3) is 0 Å². The van der Waals surface area contributed by atoms with Crippen LogP contribution in [0, 0.1) is 0 Å². The van der Waals surface area contributed by atoms with E-state index in [0.29, 0.717) is 6.04 Å². The molecule has 0 spiro atoms. The highest BCUT2D eigenvalue weighted by atomic mass is 15.1. The van der Waals surface area contributed by atoms with Gasteiger partial charge in [-0.05, 0) is 39.8 Å². The molecule has 1 fully saturated rings. The molecule has 66 valence electrons. The van der Waals surface area contributed by atoms with Gasteiger partial charge in [0.15, 0.2) is 0 Å². The third-order valence-electron chi connectivity index (χ3n) is 2.57. The number of nitrogens with two attached hydrogens (primary N) is 1. The quantitative estimate of drug-likeness (QED) is 0.651. The van der Waals surface area contributed by atoms with Crippen LogP contribution in [-0.4, -0.2) is 30.6 Å². The van der Waals surface area contributed by atoms with Gasteiger partial charge in [-0.15, -0.1) is 0 Å². The lowest BCUT2D eigenvalue weighted by molar-refractivity contribution is 0.170. The summed E-state index contributed by atoms with van der Waals surface area (Å²) in [6.07, 6.45) is 5.27. The first-order chi connectivity index (χ1) is 5.20. The average molecular weight is 156 g/mol. The lowest BCUT2D eigenvalue weighted by atomic mass is 9.97. The van der Waals surface area contributed by atoms with Gasteiger partial charge in [0, 0.05) is 12.1 Å². The van der Waals surface area contributed by atoms with Crippen LogP contribution in [0.15, 0.2) is 0 Å². The van der Waals surface area contributed by atoms with Crippen LogP contribution in [0.1, 0.15) is 32.6 Å². The van der Waals surface area contributed by atoms with Gasteiger partial charge >= 0.3 is 0 Å². The normalized spacial score (nSPS) is 30.3. The Morgan fingerprint density at radius 2 is 2.27 bits per heavy atom. The molecule has 0 bridgehead atoms. The second-order valence-corrected chi connectivity index (χ2v) is 3.84. The van der Waals surface area contributed by atoms with Gasteiger partial charge in [-0.25, -0.2) is 0 Å². The fraction of sp³-hybridized carbons (Fsp3) is 1.00. The predicted molar refractivity (Wildman–Crippen MR) is 48.5 cm³/mol. The Balaban J connectivity index is 2.29. The lowest BCUT2D eigenvalue weighted by Gasteiger charge is -2.33. The maximum absolute atomic E-state index is 5.76. The van der Waals surface area contributed by atoms with Crippen LogP contribution in [0.3, 0.4) is 0 Å². The Morgan fingerprint density at radius 1 is 1.55 bits per heavy atom. The van der Waals surface area contributed by atoms with E-state index in [-0.39, 0.29) is 0 Å². The van der Waals surface area contributed by atoms with Crippen LogP contribution in [0.2, 0.25) is 0 Å². The van der Waals surface area contributed by atoms with Crippen molar-refractivity contribution in [3.05, 3.63) is 0 Å². The van der Waals surface area contributed by atoms with E-state index in [1.165, 1.54) is 25.8 Å². The first-order valence-electron chi connectivity index (χ1n) is 4.66. The van der Waals surface area contributed by atoms with Gasteiger partial charge < -0.3 is 10.6 Å². The van der Waals surface area contributed by atoms with Gasteiger partial charge in [0.2, 0.25) is 0 Å². The zero-order valence-electron chi connectivity index (χ0n) is 7.71. The molecule has 11 heavy (non-hydrogen) atoms. The summed E-state index contributed by atoms with van der Waals surface area (Å²) < 4.78 is 0. The van der Waals surface area contributed by atoms with Crippen molar-refractivity contribution in [3.63, 3.8) is 0 Å². The zero-order chi connectivity index (χ0) is 8.27. The summed E-state index contributed by atoms with van der Waals surface area (Å²) in [6.45, 7) is 3.36. The minimum Gasteiger partial charge on any atom is -0.328 e. The Kier molecular flexibility index (Phi) is 3.34. The Hall–Kier alpha value is -0.0800. The fourth-order valence-corrected chi connectivity index (χ4v) is 1.87. The van der Waals surface area contributed by atoms with Gasteiger partial charge in [0.1, 0.15) is 0 Å². The van der Waals surface area contributed by atoms with Crippen molar-refractivity contribution in [2.24, 2.45) is 5.73 Å². The van der Waals surface area contributed by atoms with Crippen molar-refractivity contribution >= 4 is 0 Å². The summed E-state index contributed by atoms with van der Waals surface area (Å²) in [5.41, 5.74) is 5.76. The van der Waals surface area contributed by atoms with Crippen molar-refractivity contribution in [3.8, 4) is 0 Å². The Labute approximate surface area is 69.8 Å². The molecule has 2 N–H and O–H groups in total. The van der Waals surface area contributed by atoms with E-state index in [1.807, 2.05) is 0 Å². The number of hydrogen-bond acceptors (Lipinski definition) is 2. The lowest BCUT2D eigenvalue weighted by Crippen LogP contribution is -2.39. The molecule has 1 rings (SSSR count). The molecule has 0 aromatic heterocycles. The summed E-state index contributed by atoms with van der Waals surface area (Å²) in [6, 6.07) is 1.12. The molecule has 2 atom stereocenters. The molecule has 0 amide bonds. The van der Waals surface area contributed by atoms with Crippen molar-refractivity contribution in [1.29, 1.82) is 0 Å². The number of rotatable bonds is 2. The molecule has 2 nitrogen and oxygen atoms in total. The second kappa shape index (κ2) is 4.07. The second-order valence-electron chi connectivity index (χ2n) is 3.84. The largest absolute Gasteiger partial charge is 0.328 e. The number of likely N-dealkylation sites (tertiary alicyclic amines) is 1. The van der Waals surface area contributed by atoms with Crippen LogP contribution >= 0.6 is 0 Å². The van der Waals surface area contributed by atoms with Gasteiger partial charge in [-0.2, -0.15) is 0 Å². The molecule has 1 unspecified atom stereocenters. The topological polar surface area (TPSA) is 29.3 Å². The van der Waals surface area contributed by atoms with Crippen LogP contribution in [-0.2, 0) is 0 Å². The zero-order valence-corrected chi connectivity index (χ0v) is 7.71. The standard InChI is InChI=1S/C9H20N2/c1-8(10)7-9-5-3-4-6-11(9)2/h8-9H,3-7,10H2,1-2H3/t8-,9?/m1/s1. The van der Waals surface area contributed by atoms with Crippen molar-refractivity contribution < 1.29 is 0 Å². The minimum atomic E-state index is 0.362. The van der Waals surface area contributed by atoms with E-state index in [9.17, 15) is 0 Å². The maximum atomic E-state index is 5.76. The fourth-order valence-electron chi connectivity index (χ4n) is 1.87. The molecule has 1 heterocycles. The van der Waals surface area contributed by atoms with Crippen LogP contribution in [0.4, 0.5) is 0 Å². The molecule has 1 aliphatic heterocycles. The Morgan fingerprint density at radius 3 is 2.82 bits per heavy atom. The third-order valence-corrected chi connectivity index (χ3v) is 2.57. The first kappa shape index (κ1) is 9.01. The van der Waals surface area contributed by atoms with Gasteiger partial charge in [0.05, 0.1) is 0 Å². The Bertz CT molecular complexity index is 112. The molecule has 1 aliphatic rings. The van der Waals surface area contributed by atoms with Gasteiger partial charge in [0.25, 0.3) is 0 Å². The maximum Gasteiger partial charge on any atom is 0.0107 e. The highest BCUT2D eigenvalue weighted by Gasteiger charge is 2.19. The molecule has 0 aromatic carbocycles. The molecule has 0 aromatic rings. The molecule has 1 saturated heterocycles. The van der Waals surface area contributed by atoms with Gasteiger partial charge in [-0.1, -0.05) is 6.42 Å². The van der Waals surface area contributed by atoms with E-state index < -0.39 is 0 Å². The smallest absolute Gasteiger partial charge is 0.0107 e. The van der Waals surface area contributed by atoms with Crippen LogP contribution < -0.4 is 5.73 Å². The average Bonchev–Trinajstić information content (AvgIpc) is 1.93. The van der Waals surface area contributed by atoms with Crippen molar-refractivity contribution in [2.75, 3.05) is 13.6 Å². The number of nitrogens with zero attached hydrogens (tertiary/aromatic N) is 1.